The number of hydrogen-bond donors (Lipinski definition) is 0. The van der Waals surface area contributed by atoms with Crippen molar-refractivity contribution >= 4 is 51.2 Å². The van der Waals surface area contributed by atoms with Gasteiger partial charge in [-0.1, -0.05) is 170 Å². The molecule has 10 aromatic carbocycles. The zero-order valence-corrected chi connectivity index (χ0v) is 35.2. The van der Waals surface area contributed by atoms with E-state index >= 15 is 0 Å². The number of para-hydroxylation sites is 6. The third-order valence-electron chi connectivity index (χ3n) is 13.0. The molecule has 0 saturated heterocycles. The maximum Gasteiger partial charge on any atom is 0.0755 e. The van der Waals surface area contributed by atoms with E-state index < -0.39 is 5.41 Å². The minimum atomic E-state index is -0.633. The molecular formula is C61H43N3. The van der Waals surface area contributed by atoms with Crippen LogP contribution >= 0.6 is 0 Å². The predicted octanol–water partition coefficient (Wildman–Crippen LogP) is 16.4. The van der Waals surface area contributed by atoms with Crippen LogP contribution < -0.4 is 14.7 Å². The fraction of sp³-hybridized carbons (Fsp3) is 0.0164. The monoisotopic (exact) mass is 817 g/mol. The summed E-state index contributed by atoms with van der Waals surface area (Å²) in [6, 6.07) is 95.1. The van der Waals surface area contributed by atoms with Crippen LogP contribution in [-0.2, 0) is 5.41 Å². The van der Waals surface area contributed by atoms with E-state index in [1.165, 1.54) is 33.4 Å². The molecule has 3 nitrogen and oxygen atoms in total. The molecule has 12 rings (SSSR count). The van der Waals surface area contributed by atoms with Crippen molar-refractivity contribution in [3.63, 3.8) is 0 Å². The highest BCUT2D eigenvalue weighted by Crippen LogP contribution is 2.66. The predicted molar refractivity (Wildman–Crippen MR) is 267 cm³/mol. The minimum Gasteiger partial charge on any atom is -0.311 e. The van der Waals surface area contributed by atoms with E-state index in [4.69, 9.17) is 0 Å². The highest BCUT2D eigenvalue weighted by Gasteiger charge is 2.52. The quantitative estimate of drug-likeness (QED) is 0.151. The van der Waals surface area contributed by atoms with Crippen molar-refractivity contribution in [1.82, 2.24) is 0 Å². The van der Waals surface area contributed by atoms with Gasteiger partial charge in [0.15, 0.2) is 0 Å². The van der Waals surface area contributed by atoms with Gasteiger partial charge in [-0.2, -0.15) is 0 Å². The number of fused-ring (bicyclic) bond motifs is 9. The average molecular weight is 818 g/mol. The van der Waals surface area contributed by atoms with E-state index in [1.807, 2.05) is 0 Å². The summed E-state index contributed by atoms with van der Waals surface area (Å²) in [5.74, 6) is 0. The summed E-state index contributed by atoms with van der Waals surface area (Å²) in [7, 11) is 0. The topological polar surface area (TPSA) is 9.72 Å². The smallest absolute Gasteiger partial charge is 0.0755 e. The normalized spacial score (nSPS) is 12.8. The van der Waals surface area contributed by atoms with Crippen LogP contribution in [0.15, 0.2) is 261 Å². The SMILES string of the molecule is c1ccc(N(c2ccccc2)c2ccc(-c3cc(N(c4ccccc4)c4ccccc4)c4c(c3)C3(c5ccccc5-c5ccccc53)c3ccccc3N4c3ccccc3)cc2)cc1. The molecule has 0 atom stereocenters. The van der Waals surface area contributed by atoms with E-state index in [1.54, 1.807) is 0 Å². The van der Waals surface area contributed by atoms with Crippen molar-refractivity contribution in [2.45, 2.75) is 5.41 Å². The molecule has 0 bridgehead atoms. The number of nitrogens with zero attached hydrogens (tertiary/aromatic N) is 3. The second kappa shape index (κ2) is 15.5. The summed E-state index contributed by atoms with van der Waals surface area (Å²) in [6.07, 6.45) is 0. The fourth-order valence-corrected chi connectivity index (χ4v) is 10.4. The Kier molecular flexibility index (Phi) is 9.05. The van der Waals surface area contributed by atoms with Gasteiger partial charge in [0.05, 0.1) is 22.5 Å². The molecular weight excluding hydrogens is 775 g/mol. The molecule has 10 aromatic rings. The Bertz CT molecular complexity index is 3130. The first-order valence-corrected chi connectivity index (χ1v) is 22.0. The lowest BCUT2D eigenvalue weighted by molar-refractivity contribution is 0.753. The molecule has 1 heterocycles. The zero-order chi connectivity index (χ0) is 42.5. The van der Waals surface area contributed by atoms with Gasteiger partial charge in [0.25, 0.3) is 0 Å². The molecule has 0 N–H and O–H groups in total. The molecule has 2 aliphatic rings. The first-order valence-electron chi connectivity index (χ1n) is 22.0. The van der Waals surface area contributed by atoms with Crippen LogP contribution in [0.2, 0.25) is 0 Å². The molecule has 302 valence electrons. The second-order valence-electron chi connectivity index (χ2n) is 16.5. The van der Waals surface area contributed by atoms with Crippen LogP contribution in [0.5, 0.6) is 0 Å². The molecule has 0 amide bonds. The van der Waals surface area contributed by atoms with Crippen LogP contribution in [0.3, 0.4) is 0 Å². The van der Waals surface area contributed by atoms with Gasteiger partial charge in [0, 0.05) is 34.1 Å². The largest absolute Gasteiger partial charge is 0.311 e. The highest BCUT2D eigenvalue weighted by atomic mass is 15.2. The van der Waals surface area contributed by atoms with Crippen molar-refractivity contribution in [2.75, 3.05) is 14.7 Å². The summed E-state index contributed by atoms with van der Waals surface area (Å²) in [5.41, 5.74) is 19.2. The summed E-state index contributed by atoms with van der Waals surface area (Å²) in [4.78, 5) is 7.29. The van der Waals surface area contributed by atoms with Crippen LogP contribution in [0.25, 0.3) is 22.3 Å². The number of anilines is 9. The Hall–Kier alpha value is -8.40. The Morgan fingerprint density at radius 1 is 0.297 bits per heavy atom. The van der Waals surface area contributed by atoms with E-state index in [9.17, 15) is 0 Å². The van der Waals surface area contributed by atoms with Gasteiger partial charge in [-0.25, -0.2) is 0 Å². The van der Waals surface area contributed by atoms with E-state index in [2.05, 4.69) is 276 Å². The van der Waals surface area contributed by atoms with E-state index in [-0.39, 0.29) is 0 Å². The van der Waals surface area contributed by atoms with Crippen LogP contribution in [-0.4, -0.2) is 0 Å². The lowest BCUT2D eigenvalue weighted by atomic mass is 9.64. The van der Waals surface area contributed by atoms with Crippen LogP contribution in [0, 0.1) is 0 Å². The standard InChI is InChI=1S/C61H43N3/c1-6-22-46(23-7-1)62(47-24-8-2-9-25-47)51-40-38-44(39-41-51)45-42-57-60(59(43-45)63(48-26-10-3-11-27-48)49-28-12-4-13-29-49)64(50-30-14-5-15-31-50)58-37-21-20-36-56(58)61(57)54-34-18-16-32-52(54)53-33-17-19-35-55(53)61/h1-43H. The second-order valence-corrected chi connectivity index (χ2v) is 16.5. The number of hydrogen-bond acceptors (Lipinski definition) is 3. The Labute approximate surface area is 375 Å². The summed E-state index contributed by atoms with van der Waals surface area (Å²) >= 11 is 0. The Morgan fingerprint density at radius 3 is 1.22 bits per heavy atom. The van der Waals surface area contributed by atoms with Crippen LogP contribution in [0.1, 0.15) is 22.3 Å². The summed E-state index contributed by atoms with van der Waals surface area (Å²) in [6.45, 7) is 0. The maximum absolute atomic E-state index is 2.51. The van der Waals surface area contributed by atoms with Crippen LogP contribution in [0.4, 0.5) is 51.2 Å². The van der Waals surface area contributed by atoms with Gasteiger partial charge in [-0.15, -0.1) is 0 Å². The molecule has 0 aromatic heterocycles. The Morgan fingerprint density at radius 2 is 0.703 bits per heavy atom. The third-order valence-corrected chi connectivity index (χ3v) is 13.0. The molecule has 0 unspecified atom stereocenters. The summed E-state index contributed by atoms with van der Waals surface area (Å²) in [5, 5.41) is 0. The molecule has 3 heteroatoms. The van der Waals surface area contributed by atoms with Crippen molar-refractivity contribution in [3.8, 4) is 22.3 Å². The van der Waals surface area contributed by atoms with Gasteiger partial charge in [0.2, 0.25) is 0 Å². The molecule has 1 aliphatic heterocycles. The van der Waals surface area contributed by atoms with Crippen molar-refractivity contribution in [2.24, 2.45) is 0 Å². The lowest BCUT2D eigenvalue weighted by Crippen LogP contribution is -2.37. The Balaban J connectivity index is 1.19. The van der Waals surface area contributed by atoms with E-state index in [0.717, 1.165) is 62.3 Å². The van der Waals surface area contributed by atoms with Crippen molar-refractivity contribution in [3.05, 3.63) is 283 Å². The number of rotatable bonds is 8. The van der Waals surface area contributed by atoms with Gasteiger partial charge in [0.1, 0.15) is 0 Å². The zero-order valence-electron chi connectivity index (χ0n) is 35.2. The van der Waals surface area contributed by atoms with Crippen molar-refractivity contribution < 1.29 is 0 Å². The first kappa shape index (κ1) is 37.4. The average Bonchev–Trinajstić information content (AvgIpc) is 3.67. The first-order chi connectivity index (χ1) is 31.8. The van der Waals surface area contributed by atoms with E-state index in [0.29, 0.717) is 0 Å². The molecule has 64 heavy (non-hydrogen) atoms. The van der Waals surface area contributed by atoms with Gasteiger partial charge < -0.3 is 14.7 Å². The molecule has 1 aliphatic carbocycles. The third kappa shape index (κ3) is 5.90. The van der Waals surface area contributed by atoms with Crippen molar-refractivity contribution in [1.29, 1.82) is 0 Å². The molecule has 0 fully saturated rings. The fourth-order valence-electron chi connectivity index (χ4n) is 10.4. The minimum absolute atomic E-state index is 0.633. The lowest BCUT2D eigenvalue weighted by Gasteiger charge is -2.47. The van der Waals surface area contributed by atoms with Gasteiger partial charge >= 0.3 is 0 Å². The summed E-state index contributed by atoms with van der Waals surface area (Å²) < 4.78 is 0. The van der Waals surface area contributed by atoms with Gasteiger partial charge in [-0.3, -0.25) is 0 Å². The van der Waals surface area contributed by atoms with Gasteiger partial charge in [-0.05, 0) is 136 Å². The number of benzene rings is 10. The molecule has 1 spiro atoms. The molecule has 0 radical (unpaired) electrons. The maximum atomic E-state index is 2.51. The highest BCUT2D eigenvalue weighted by molar-refractivity contribution is 6.03. The molecule has 0 saturated carbocycles.